The normalized spacial score (nSPS) is 20.4. The van der Waals surface area contributed by atoms with Crippen LogP contribution >= 0.6 is 0 Å². The zero-order valence-electron chi connectivity index (χ0n) is 9.94. The first-order valence-electron chi connectivity index (χ1n) is 5.78. The molecule has 0 bridgehead atoms. The first-order chi connectivity index (χ1) is 7.57. The fraction of sp³-hybridized carbons (Fsp3) is 0.818. The monoisotopic (exact) mass is 228 g/mol. The molecule has 0 saturated carbocycles. The summed E-state index contributed by atoms with van der Waals surface area (Å²) in [4.78, 5) is 25.5. The SMILES string of the molecule is CCOC(=O)[C@H](C(=O)[C@H](C)N)N1CCCC1. The first kappa shape index (κ1) is 13.1. The molecule has 0 aromatic carbocycles. The van der Waals surface area contributed by atoms with Gasteiger partial charge in [0.2, 0.25) is 0 Å². The summed E-state index contributed by atoms with van der Waals surface area (Å²) in [5.41, 5.74) is 5.55. The van der Waals surface area contributed by atoms with Crippen LogP contribution < -0.4 is 5.73 Å². The molecular weight excluding hydrogens is 208 g/mol. The Kier molecular flexibility index (Phi) is 4.89. The average molecular weight is 228 g/mol. The Bertz CT molecular complexity index is 260. The highest BCUT2D eigenvalue weighted by Crippen LogP contribution is 2.14. The Morgan fingerprint density at radius 3 is 2.38 bits per heavy atom. The maximum absolute atomic E-state index is 11.9. The van der Waals surface area contributed by atoms with Crippen LogP contribution in [0.1, 0.15) is 26.7 Å². The summed E-state index contributed by atoms with van der Waals surface area (Å²) in [7, 11) is 0. The van der Waals surface area contributed by atoms with Gasteiger partial charge in [-0.3, -0.25) is 9.69 Å². The molecule has 0 aromatic heterocycles. The number of hydrogen-bond donors (Lipinski definition) is 1. The van der Waals surface area contributed by atoms with Crippen molar-refractivity contribution >= 4 is 11.8 Å². The molecule has 92 valence electrons. The van der Waals surface area contributed by atoms with Crippen molar-refractivity contribution < 1.29 is 14.3 Å². The van der Waals surface area contributed by atoms with Gasteiger partial charge >= 0.3 is 5.97 Å². The number of rotatable bonds is 5. The third kappa shape index (κ3) is 3.02. The maximum Gasteiger partial charge on any atom is 0.331 e. The topological polar surface area (TPSA) is 72.6 Å². The van der Waals surface area contributed by atoms with E-state index in [1.54, 1.807) is 13.8 Å². The third-order valence-corrected chi connectivity index (χ3v) is 2.73. The lowest BCUT2D eigenvalue weighted by atomic mass is 10.1. The molecule has 5 heteroatoms. The van der Waals surface area contributed by atoms with E-state index in [9.17, 15) is 9.59 Å². The van der Waals surface area contributed by atoms with E-state index in [0.717, 1.165) is 25.9 Å². The van der Waals surface area contributed by atoms with Crippen molar-refractivity contribution in [3.8, 4) is 0 Å². The van der Waals surface area contributed by atoms with Gasteiger partial charge in [0.15, 0.2) is 11.8 Å². The number of ether oxygens (including phenoxy) is 1. The first-order valence-corrected chi connectivity index (χ1v) is 5.78. The minimum atomic E-state index is -0.803. The molecule has 1 saturated heterocycles. The summed E-state index contributed by atoms with van der Waals surface area (Å²) >= 11 is 0. The predicted molar refractivity (Wildman–Crippen MR) is 59.9 cm³/mol. The van der Waals surface area contributed by atoms with Gasteiger partial charge in [-0.2, -0.15) is 0 Å². The lowest BCUT2D eigenvalue weighted by Crippen LogP contribution is -2.51. The van der Waals surface area contributed by atoms with E-state index in [1.807, 2.05) is 4.90 Å². The van der Waals surface area contributed by atoms with Crippen LogP contribution in [-0.4, -0.2) is 48.4 Å². The Labute approximate surface area is 95.9 Å². The predicted octanol–water partition coefficient (Wildman–Crippen LogP) is -0.0698. The van der Waals surface area contributed by atoms with E-state index < -0.39 is 18.1 Å². The summed E-state index contributed by atoms with van der Waals surface area (Å²) in [5.74, 6) is -0.716. The van der Waals surface area contributed by atoms with Crippen molar-refractivity contribution in [1.82, 2.24) is 4.90 Å². The van der Waals surface area contributed by atoms with Gasteiger partial charge in [0.05, 0.1) is 12.6 Å². The van der Waals surface area contributed by atoms with Gasteiger partial charge in [0, 0.05) is 0 Å². The van der Waals surface area contributed by atoms with Crippen LogP contribution in [0.3, 0.4) is 0 Å². The van der Waals surface area contributed by atoms with E-state index >= 15 is 0 Å². The van der Waals surface area contributed by atoms with Crippen LogP contribution in [-0.2, 0) is 14.3 Å². The molecule has 0 aromatic rings. The van der Waals surface area contributed by atoms with Crippen LogP contribution in [0.5, 0.6) is 0 Å². The molecule has 2 atom stereocenters. The van der Waals surface area contributed by atoms with Crippen molar-refractivity contribution in [3.63, 3.8) is 0 Å². The quantitative estimate of drug-likeness (QED) is 0.527. The van der Waals surface area contributed by atoms with Crippen LogP contribution in [0.2, 0.25) is 0 Å². The number of hydrogen-bond acceptors (Lipinski definition) is 5. The number of carbonyl (C=O) groups is 2. The second kappa shape index (κ2) is 5.96. The molecule has 1 rings (SSSR count). The van der Waals surface area contributed by atoms with Crippen molar-refractivity contribution in [2.45, 2.75) is 38.8 Å². The Morgan fingerprint density at radius 2 is 1.94 bits per heavy atom. The molecule has 5 nitrogen and oxygen atoms in total. The number of carbonyl (C=O) groups excluding carboxylic acids is 2. The van der Waals surface area contributed by atoms with E-state index in [4.69, 9.17) is 10.5 Å². The highest BCUT2D eigenvalue weighted by atomic mass is 16.5. The van der Waals surface area contributed by atoms with Crippen LogP contribution in [0.15, 0.2) is 0 Å². The molecule has 2 N–H and O–H groups in total. The van der Waals surface area contributed by atoms with Crippen LogP contribution in [0.25, 0.3) is 0 Å². The zero-order valence-corrected chi connectivity index (χ0v) is 9.94. The number of esters is 1. The van der Waals surface area contributed by atoms with Crippen molar-refractivity contribution in [1.29, 1.82) is 0 Å². The Hall–Kier alpha value is -0.940. The summed E-state index contributed by atoms with van der Waals surface area (Å²) in [6.45, 7) is 5.15. The van der Waals surface area contributed by atoms with Crippen molar-refractivity contribution in [3.05, 3.63) is 0 Å². The lowest BCUT2D eigenvalue weighted by molar-refractivity contribution is -0.153. The van der Waals surface area contributed by atoms with Gasteiger partial charge < -0.3 is 10.5 Å². The van der Waals surface area contributed by atoms with Gasteiger partial charge in [-0.05, 0) is 39.8 Å². The fourth-order valence-corrected chi connectivity index (χ4v) is 1.92. The van der Waals surface area contributed by atoms with Gasteiger partial charge in [-0.15, -0.1) is 0 Å². The molecule has 0 aliphatic carbocycles. The van der Waals surface area contributed by atoms with E-state index in [2.05, 4.69) is 0 Å². The molecule has 0 radical (unpaired) electrons. The van der Waals surface area contributed by atoms with Gasteiger partial charge in [-0.1, -0.05) is 0 Å². The summed E-state index contributed by atoms with van der Waals surface area (Å²) < 4.78 is 4.93. The van der Waals surface area contributed by atoms with Crippen LogP contribution in [0, 0.1) is 0 Å². The minimum Gasteiger partial charge on any atom is -0.464 e. The van der Waals surface area contributed by atoms with E-state index in [1.165, 1.54) is 0 Å². The van der Waals surface area contributed by atoms with Gasteiger partial charge in [0.1, 0.15) is 0 Å². The van der Waals surface area contributed by atoms with E-state index in [-0.39, 0.29) is 12.4 Å². The average Bonchev–Trinajstić information content (AvgIpc) is 2.71. The lowest BCUT2D eigenvalue weighted by Gasteiger charge is -2.25. The summed E-state index contributed by atoms with van der Waals surface area (Å²) in [5, 5.41) is 0. The highest BCUT2D eigenvalue weighted by molar-refractivity contribution is 6.05. The summed E-state index contributed by atoms with van der Waals surface area (Å²) in [6.07, 6.45) is 2.03. The van der Waals surface area contributed by atoms with Gasteiger partial charge in [0.25, 0.3) is 0 Å². The van der Waals surface area contributed by atoms with Crippen LogP contribution in [0.4, 0.5) is 0 Å². The molecule has 1 aliphatic rings. The number of nitrogens with zero attached hydrogens (tertiary/aromatic N) is 1. The molecule has 1 aliphatic heterocycles. The minimum absolute atomic E-state index is 0.250. The molecule has 16 heavy (non-hydrogen) atoms. The molecule has 0 amide bonds. The van der Waals surface area contributed by atoms with Gasteiger partial charge in [-0.25, -0.2) is 4.79 Å². The molecule has 1 fully saturated rings. The maximum atomic E-state index is 11.9. The smallest absolute Gasteiger partial charge is 0.331 e. The van der Waals surface area contributed by atoms with E-state index in [0.29, 0.717) is 0 Å². The number of nitrogens with two attached hydrogens (primary N) is 1. The zero-order chi connectivity index (χ0) is 12.1. The summed E-state index contributed by atoms with van der Waals surface area (Å²) in [6, 6.07) is -1.43. The number of ketones is 1. The largest absolute Gasteiger partial charge is 0.464 e. The number of Topliss-reactive ketones (excluding diaryl/α,β-unsaturated/α-hetero) is 1. The second-order valence-corrected chi connectivity index (χ2v) is 4.09. The van der Waals surface area contributed by atoms with Crippen molar-refractivity contribution in [2.24, 2.45) is 5.73 Å². The standard InChI is InChI=1S/C11H20N2O3/c1-3-16-11(15)9(10(14)8(2)12)13-6-4-5-7-13/h8-9H,3-7,12H2,1-2H3/t8-,9-/m0/s1. The fourth-order valence-electron chi connectivity index (χ4n) is 1.92. The number of likely N-dealkylation sites (tertiary alicyclic amines) is 1. The highest BCUT2D eigenvalue weighted by Gasteiger charge is 2.36. The molecule has 0 spiro atoms. The van der Waals surface area contributed by atoms with Crippen molar-refractivity contribution in [2.75, 3.05) is 19.7 Å². The molecular formula is C11H20N2O3. The Balaban J connectivity index is 2.75. The molecule has 0 unspecified atom stereocenters. The molecule has 1 heterocycles. The second-order valence-electron chi connectivity index (χ2n) is 4.09. The Morgan fingerprint density at radius 1 is 1.38 bits per heavy atom. The third-order valence-electron chi connectivity index (χ3n) is 2.73.